The minimum absolute atomic E-state index is 0.104. The highest BCUT2D eigenvalue weighted by molar-refractivity contribution is 5.98. The van der Waals surface area contributed by atoms with Gasteiger partial charge in [-0.2, -0.15) is 0 Å². The predicted octanol–water partition coefficient (Wildman–Crippen LogP) is 1.56. The molecule has 2 atom stereocenters. The molecule has 5 nitrogen and oxygen atoms in total. The highest BCUT2D eigenvalue weighted by Gasteiger charge is 2.27. The lowest BCUT2D eigenvalue weighted by Gasteiger charge is -2.23. The van der Waals surface area contributed by atoms with Crippen LogP contribution in [0, 0.1) is 5.92 Å². The third kappa shape index (κ3) is 3.42. The van der Waals surface area contributed by atoms with E-state index in [4.69, 9.17) is 0 Å². The molecule has 0 spiro atoms. The number of aliphatic carboxylic acids is 1. The Morgan fingerprint density at radius 2 is 2.19 bits per heavy atom. The number of hydrogen-bond donors (Lipinski definition) is 3. The fraction of sp³-hybridized carbons (Fsp3) is 0.500. The first-order valence-electron chi connectivity index (χ1n) is 7.39. The van der Waals surface area contributed by atoms with Crippen molar-refractivity contribution in [1.82, 2.24) is 10.6 Å². The van der Waals surface area contributed by atoms with Crippen molar-refractivity contribution in [3.63, 3.8) is 0 Å². The number of benzene rings is 1. The van der Waals surface area contributed by atoms with Crippen molar-refractivity contribution in [2.45, 2.75) is 39.3 Å². The van der Waals surface area contributed by atoms with E-state index in [-0.39, 0.29) is 11.8 Å². The van der Waals surface area contributed by atoms with E-state index in [0.29, 0.717) is 12.0 Å². The molecule has 2 unspecified atom stereocenters. The summed E-state index contributed by atoms with van der Waals surface area (Å²) < 4.78 is 0. The van der Waals surface area contributed by atoms with Gasteiger partial charge in [0, 0.05) is 12.1 Å². The first-order chi connectivity index (χ1) is 10.0. The van der Waals surface area contributed by atoms with Crippen LogP contribution in [0.5, 0.6) is 0 Å². The van der Waals surface area contributed by atoms with Crippen LogP contribution in [-0.4, -0.2) is 29.6 Å². The molecule has 0 saturated heterocycles. The smallest absolute Gasteiger partial charge is 0.326 e. The zero-order chi connectivity index (χ0) is 15.4. The van der Waals surface area contributed by atoms with Gasteiger partial charge in [0.1, 0.15) is 6.04 Å². The zero-order valence-corrected chi connectivity index (χ0v) is 12.5. The van der Waals surface area contributed by atoms with E-state index >= 15 is 0 Å². The van der Waals surface area contributed by atoms with Crippen molar-refractivity contribution in [2.24, 2.45) is 5.92 Å². The first-order valence-corrected chi connectivity index (χ1v) is 7.39. The highest BCUT2D eigenvalue weighted by atomic mass is 16.4. The largest absolute Gasteiger partial charge is 0.480 e. The minimum Gasteiger partial charge on any atom is -0.480 e. The van der Waals surface area contributed by atoms with Gasteiger partial charge in [-0.15, -0.1) is 0 Å². The van der Waals surface area contributed by atoms with E-state index in [0.717, 1.165) is 30.6 Å². The molecule has 3 N–H and O–H groups in total. The van der Waals surface area contributed by atoms with E-state index in [2.05, 4.69) is 10.6 Å². The molecule has 0 saturated carbocycles. The number of carbonyl (C=O) groups is 2. The maximum Gasteiger partial charge on any atom is 0.326 e. The van der Waals surface area contributed by atoms with Crippen molar-refractivity contribution in [2.75, 3.05) is 6.54 Å². The Bertz CT molecular complexity index is 542. The van der Waals surface area contributed by atoms with Crippen LogP contribution in [0.4, 0.5) is 0 Å². The molecule has 0 bridgehead atoms. The first kappa shape index (κ1) is 15.5. The SMILES string of the molecule is CCC(C)C(NC(=O)c1cccc2c1CCNC2)C(=O)O. The van der Waals surface area contributed by atoms with Crippen LogP contribution in [0.25, 0.3) is 0 Å². The van der Waals surface area contributed by atoms with Crippen molar-refractivity contribution in [3.05, 3.63) is 34.9 Å². The summed E-state index contributed by atoms with van der Waals surface area (Å²) in [6, 6.07) is 4.77. The Balaban J connectivity index is 2.22. The monoisotopic (exact) mass is 290 g/mol. The molecule has 21 heavy (non-hydrogen) atoms. The highest BCUT2D eigenvalue weighted by Crippen LogP contribution is 2.19. The average Bonchev–Trinajstić information content (AvgIpc) is 2.50. The van der Waals surface area contributed by atoms with Gasteiger partial charge in [-0.3, -0.25) is 4.79 Å². The standard InChI is InChI=1S/C16H22N2O3/c1-3-10(2)14(16(20)21)18-15(19)13-6-4-5-11-9-17-8-7-12(11)13/h4-6,10,14,17H,3,7-9H2,1-2H3,(H,18,19)(H,20,21). The Hall–Kier alpha value is -1.88. The number of rotatable bonds is 5. The van der Waals surface area contributed by atoms with Gasteiger partial charge in [0.2, 0.25) is 0 Å². The number of carboxylic acid groups (broad SMARTS) is 1. The summed E-state index contributed by atoms with van der Waals surface area (Å²) in [5.74, 6) is -1.38. The van der Waals surface area contributed by atoms with E-state index in [1.54, 1.807) is 6.07 Å². The van der Waals surface area contributed by atoms with Gasteiger partial charge in [0.05, 0.1) is 0 Å². The molecule has 0 aromatic heterocycles. The summed E-state index contributed by atoms with van der Waals surface area (Å²) in [7, 11) is 0. The van der Waals surface area contributed by atoms with Crippen LogP contribution >= 0.6 is 0 Å². The molecule has 2 rings (SSSR count). The molecule has 0 aliphatic carbocycles. The van der Waals surface area contributed by atoms with Gasteiger partial charge < -0.3 is 15.7 Å². The summed E-state index contributed by atoms with van der Waals surface area (Å²) in [5.41, 5.74) is 2.75. The van der Waals surface area contributed by atoms with E-state index in [1.807, 2.05) is 26.0 Å². The van der Waals surface area contributed by atoms with Crippen molar-refractivity contribution >= 4 is 11.9 Å². The fourth-order valence-electron chi connectivity index (χ4n) is 2.65. The average molecular weight is 290 g/mol. The summed E-state index contributed by atoms with van der Waals surface area (Å²) in [6.45, 7) is 5.35. The van der Waals surface area contributed by atoms with E-state index in [9.17, 15) is 14.7 Å². The fourth-order valence-corrected chi connectivity index (χ4v) is 2.65. The molecule has 1 aromatic rings. The normalized spacial score (nSPS) is 16.7. The second-order valence-corrected chi connectivity index (χ2v) is 5.54. The van der Waals surface area contributed by atoms with Crippen molar-refractivity contribution in [3.8, 4) is 0 Å². The lowest BCUT2D eigenvalue weighted by Crippen LogP contribution is -2.45. The minimum atomic E-state index is -0.982. The van der Waals surface area contributed by atoms with Gasteiger partial charge in [-0.1, -0.05) is 32.4 Å². The second-order valence-electron chi connectivity index (χ2n) is 5.54. The molecule has 0 radical (unpaired) electrons. The molecule has 5 heteroatoms. The predicted molar refractivity (Wildman–Crippen MR) is 80.2 cm³/mol. The molecule has 1 aromatic carbocycles. The van der Waals surface area contributed by atoms with Crippen LogP contribution in [0.15, 0.2) is 18.2 Å². The van der Waals surface area contributed by atoms with Crippen molar-refractivity contribution < 1.29 is 14.7 Å². The number of nitrogens with one attached hydrogen (secondary N) is 2. The zero-order valence-electron chi connectivity index (χ0n) is 12.5. The van der Waals surface area contributed by atoms with Gasteiger partial charge in [-0.05, 0) is 36.1 Å². The Kier molecular flexibility index (Phi) is 4.96. The number of carbonyl (C=O) groups excluding carboxylic acids is 1. The number of amides is 1. The lowest BCUT2D eigenvalue weighted by atomic mass is 9.94. The molecule has 1 heterocycles. The molecular formula is C16H22N2O3. The van der Waals surface area contributed by atoms with Gasteiger partial charge in [-0.25, -0.2) is 4.79 Å². The quantitative estimate of drug-likeness (QED) is 0.769. The number of hydrogen-bond acceptors (Lipinski definition) is 3. The maximum atomic E-state index is 12.5. The molecule has 1 aliphatic heterocycles. The van der Waals surface area contributed by atoms with Crippen LogP contribution in [0.3, 0.4) is 0 Å². The third-order valence-electron chi connectivity index (χ3n) is 4.15. The molecule has 0 fully saturated rings. The van der Waals surface area contributed by atoms with Crippen LogP contribution in [0.1, 0.15) is 41.8 Å². The molecular weight excluding hydrogens is 268 g/mol. The molecule has 114 valence electrons. The Labute approximate surface area is 124 Å². The summed E-state index contributed by atoms with van der Waals surface area (Å²) >= 11 is 0. The van der Waals surface area contributed by atoms with Gasteiger partial charge in [0.15, 0.2) is 0 Å². The number of carboxylic acids is 1. The van der Waals surface area contributed by atoms with E-state index < -0.39 is 12.0 Å². The van der Waals surface area contributed by atoms with Gasteiger partial charge >= 0.3 is 5.97 Å². The van der Waals surface area contributed by atoms with Crippen molar-refractivity contribution in [1.29, 1.82) is 0 Å². The van der Waals surface area contributed by atoms with E-state index in [1.165, 1.54) is 0 Å². The summed E-state index contributed by atoms with van der Waals surface area (Å²) in [6.07, 6.45) is 1.49. The topological polar surface area (TPSA) is 78.4 Å². The molecule has 1 aliphatic rings. The van der Waals surface area contributed by atoms with Crippen LogP contribution in [-0.2, 0) is 17.8 Å². The Morgan fingerprint density at radius 1 is 1.43 bits per heavy atom. The van der Waals surface area contributed by atoms with Crippen LogP contribution < -0.4 is 10.6 Å². The lowest BCUT2D eigenvalue weighted by molar-refractivity contribution is -0.140. The summed E-state index contributed by atoms with van der Waals surface area (Å²) in [4.78, 5) is 23.8. The third-order valence-corrected chi connectivity index (χ3v) is 4.15. The second kappa shape index (κ2) is 6.72. The van der Waals surface area contributed by atoms with Crippen LogP contribution in [0.2, 0.25) is 0 Å². The Morgan fingerprint density at radius 3 is 2.86 bits per heavy atom. The maximum absolute atomic E-state index is 12.5. The summed E-state index contributed by atoms with van der Waals surface area (Å²) in [5, 5.41) is 15.2. The number of fused-ring (bicyclic) bond motifs is 1. The molecule has 1 amide bonds. The van der Waals surface area contributed by atoms with Gasteiger partial charge in [0.25, 0.3) is 5.91 Å².